The Morgan fingerprint density at radius 3 is 2.82 bits per heavy atom. The predicted molar refractivity (Wildman–Crippen MR) is 73.6 cm³/mol. The van der Waals surface area contributed by atoms with Crippen molar-refractivity contribution < 1.29 is 27.2 Å². The third-order valence-electron chi connectivity index (χ3n) is 3.15. The summed E-state index contributed by atoms with van der Waals surface area (Å²) < 4.78 is 46.7. The van der Waals surface area contributed by atoms with E-state index in [0.29, 0.717) is 6.42 Å². The molecule has 1 heterocycles. The topological polar surface area (TPSA) is 64.4 Å². The number of amides is 1. The van der Waals surface area contributed by atoms with E-state index in [9.17, 15) is 18.0 Å². The number of aromatic nitrogens is 1. The van der Waals surface area contributed by atoms with Crippen molar-refractivity contribution in [3.63, 3.8) is 0 Å². The normalized spacial score (nSPS) is 13.1. The second-order valence-electron chi connectivity index (χ2n) is 4.86. The maximum atomic E-state index is 12.3. The quantitative estimate of drug-likeness (QED) is 0.912. The Balaban J connectivity index is 2.30. The van der Waals surface area contributed by atoms with Crippen LogP contribution in [0.2, 0.25) is 0 Å². The number of benzene rings is 1. The van der Waals surface area contributed by atoms with Crippen LogP contribution >= 0.6 is 0 Å². The lowest BCUT2D eigenvalue weighted by atomic mass is 10.1. The minimum absolute atomic E-state index is 0.0458. The fourth-order valence-electron chi connectivity index (χ4n) is 1.75. The number of alkyl halides is 3. The first-order valence-electron chi connectivity index (χ1n) is 6.70. The van der Waals surface area contributed by atoms with Crippen LogP contribution in [0.1, 0.15) is 20.3 Å². The number of nitrogens with zero attached hydrogens (tertiary/aromatic N) is 1. The van der Waals surface area contributed by atoms with Crippen LogP contribution in [-0.2, 0) is 4.79 Å². The summed E-state index contributed by atoms with van der Waals surface area (Å²) in [5, 5.41) is 6.45. The van der Waals surface area contributed by atoms with Crippen LogP contribution in [0.15, 0.2) is 22.7 Å². The average molecular weight is 316 g/mol. The molecule has 1 aromatic carbocycles. The van der Waals surface area contributed by atoms with Gasteiger partial charge in [0.15, 0.2) is 18.0 Å². The SMILES string of the molecule is CCC(C)C(=O)Nc1noc2cccc(OCC(F)(F)F)c12. The first-order valence-corrected chi connectivity index (χ1v) is 6.70. The van der Waals surface area contributed by atoms with Gasteiger partial charge >= 0.3 is 6.18 Å². The minimum Gasteiger partial charge on any atom is -0.483 e. The summed E-state index contributed by atoms with van der Waals surface area (Å²) in [5.74, 6) is -0.535. The van der Waals surface area contributed by atoms with Gasteiger partial charge in [-0.2, -0.15) is 13.2 Å². The maximum absolute atomic E-state index is 12.3. The van der Waals surface area contributed by atoms with Gasteiger partial charge < -0.3 is 14.6 Å². The van der Waals surface area contributed by atoms with Crippen LogP contribution in [0, 0.1) is 5.92 Å². The number of hydrogen-bond donors (Lipinski definition) is 1. The van der Waals surface area contributed by atoms with Gasteiger partial charge in [0, 0.05) is 5.92 Å². The molecule has 1 aromatic heterocycles. The molecular weight excluding hydrogens is 301 g/mol. The number of anilines is 1. The lowest BCUT2D eigenvalue weighted by Gasteiger charge is -2.11. The second kappa shape index (κ2) is 6.25. The van der Waals surface area contributed by atoms with Gasteiger partial charge in [-0.1, -0.05) is 25.1 Å². The second-order valence-corrected chi connectivity index (χ2v) is 4.86. The molecule has 0 aliphatic heterocycles. The summed E-state index contributed by atoms with van der Waals surface area (Å²) in [6.45, 7) is 2.15. The van der Waals surface area contributed by atoms with Crippen LogP contribution in [0.4, 0.5) is 19.0 Å². The summed E-state index contributed by atoms with van der Waals surface area (Å²) >= 11 is 0. The van der Waals surface area contributed by atoms with Gasteiger partial charge in [0.05, 0.1) is 0 Å². The molecule has 0 spiro atoms. The number of ether oxygens (including phenoxy) is 1. The van der Waals surface area contributed by atoms with E-state index in [-0.39, 0.29) is 34.4 Å². The van der Waals surface area contributed by atoms with Gasteiger partial charge in [0.1, 0.15) is 11.1 Å². The number of fused-ring (bicyclic) bond motifs is 1. The van der Waals surface area contributed by atoms with E-state index in [1.54, 1.807) is 6.92 Å². The molecule has 0 aliphatic carbocycles. The molecule has 1 unspecified atom stereocenters. The molecule has 0 saturated carbocycles. The van der Waals surface area contributed by atoms with Crippen molar-refractivity contribution in [3.05, 3.63) is 18.2 Å². The molecule has 2 aromatic rings. The van der Waals surface area contributed by atoms with Crippen LogP contribution in [0.5, 0.6) is 5.75 Å². The summed E-state index contributed by atoms with van der Waals surface area (Å²) in [7, 11) is 0. The molecule has 0 aliphatic rings. The lowest BCUT2D eigenvalue weighted by molar-refractivity contribution is -0.153. The van der Waals surface area contributed by atoms with Crippen LogP contribution in [0.25, 0.3) is 11.0 Å². The largest absolute Gasteiger partial charge is 0.483 e. The van der Waals surface area contributed by atoms with Crippen LogP contribution < -0.4 is 10.1 Å². The summed E-state index contributed by atoms with van der Waals surface area (Å²) in [4.78, 5) is 11.9. The molecule has 0 fully saturated rings. The Hall–Kier alpha value is -2.25. The Bertz CT molecular complexity index is 667. The molecule has 22 heavy (non-hydrogen) atoms. The highest BCUT2D eigenvalue weighted by Crippen LogP contribution is 2.33. The van der Waals surface area contributed by atoms with Gasteiger partial charge in [-0.25, -0.2) is 0 Å². The summed E-state index contributed by atoms with van der Waals surface area (Å²) in [6, 6.07) is 4.38. The third kappa shape index (κ3) is 3.69. The summed E-state index contributed by atoms with van der Waals surface area (Å²) in [5.41, 5.74) is 0.235. The number of carbonyl (C=O) groups excluding carboxylic acids is 1. The third-order valence-corrected chi connectivity index (χ3v) is 3.15. The zero-order valence-electron chi connectivity index (χ0n) is 12.0. The average Bonchev–Trinajstić information content (AvgIpc) is 2.87. The van der Waals surface area contributed by atoms with E-state index < -0.39 is 12.8 Å². The monoisotopic (exact) mass is 316 g/mol. The Labute approximate surface area is 124 Å². The predicted octanol–water partition coefficient (Wildman–Crippen LogP) is 3.75. The van der Waals surface area contributed by atoms with Gasteiger partial charge in [-0.05, 0) is 18.6 Å². The number of nitrogens with one attached hydrogen (secondary N) is 1. The Morgan fingerprint density at radius 2 is 2.18 bits per heavy atom. The van der Waals surface area contributed by atoms with Gasteiger partial charge in [0.25, 0.3) is 0 Å². The smallest absolute Gasteiger partial charge is 0.422 e. The van der Waals surface area contributed by atoms with E-state index in [1.807, 2.05) is 6.92 Å². The molecule has 0 saturated heterocycles. The molecule has 2 rings (SSSR count). The zero-order valence-corrected chi connectivity index (χ0v) is 12.0. The van der Waals surface area contributed by atoms with Crippen molar-refractivity contribution in [2.24, 2.45) is 5.92 Å². The van der Waals surface area contributed by atoms with Gasteiger partial charge in [-0.15, -0.1) is 0 Å². The van der Waals surface area contributed by atoms with Crippen molar-refractivity contribution in [2.45, 2.75) is 26.4 Å². The van der Waals surface area contributed by atoms with Crippen molar-refractivity contribution in [1.29, 1.82) is 0 Å². The molecule has 1 amide bonds. The Kier molecular flexibility index (Phi) is 4.58. The standard InChI is InChI=1S/C14H15F3N2O3/c1-3-8(2)13(20)18-12-11-9(21-7-14(15,16)17)5-4-6-10(11)22-19-12/h4-6,8H,3,7H2,1-2H3,(H,18,19,20). The maximum Gasteiger partial charge on any atom is 0.422 e. The van der Waals surface area contributed by atoms with Crippen LogP contribution in [0.3, 0.4) is 0 Å². The number of hydrogen-bond acceptors (Lipinski definition) is 4. The zero-order chi connectivity index (χ0) is 16.3. The highest BCUT2D eigenvalue weighted by molar-refractivity contribution is 6.02. The van der Waals surface area contributed by atoms with E-state index in [1.165, 1.54) is 18.2 Å². The highest BCUT2D eigenvalue weighted by atomic mass is 19.4. The number of carbonyl (C=O) groups is 1. The van der Waals surface area contributed by atoms with Crippen molar-refractivity contribution in [3.8, 4) is 5.75 Å². The van der Waals surface area contributed by atoms with E-state index in [2.05, 4.69) is 10.5 Å². The molecule has 120 valence electrons. The Morgan fingerprint density at radius 1 is 1.45 bits per heavy atom. The number of halogens is 3. The molecular formula is C14H15F3N2O3. The summed E-state index contributed by atoms with van der Waals surface area (Å²) in [6.07, 6.45) is -3.83. The van der Waals surface area contributed by atoms with Crippen molar-refractivity contribution in [2.75, 3.05) is 11.9 Å². The molecule has 0 bridgehead atoms. The molecule has 0 radical (unpaired) electrons. The van der Waals surface area contributed by atoms with Crippen molar-refractivity contribution >= 4 is 22.7 Å². The van der Waals surface area contributed by atoms with Crippen molar-refractivity contribution in [1.82, 2.24) is 5.16 Å². The molecule has 1 N–H and O–H groups in total. The first kappa shape index (κ1) is 16.1. The minimum atomic E-state index is -4.46. The highest BCUT2D eigenvalue weighted by Gasteiger charge is 2.29. The number of rotatable bonds is 5. The fraction of sp³-hybridized carbons (Fsp3) is 0.429. The van der Waals surface area contributed by atoms with E-state index in [0.717, 1.165) is 0 Å². The van der Waals surface area contributed by atoms with Gasteiger partial charge in [-0.3, -0.25) is 4.79 Å². The first-order chi connectivity index (χ1) is 10.3. The fourth-order valence-corrected chi connectivity index (χ4v) is 1.75. The molecule has 8 heteroatoms. The van der Waals surface area contributed by atoms with Crippen LogP contribution in [-0.4, -0.2) is 23.8 Å². The molecule has 1 atom stereocenters. The molecule has 5 nitrogen and oxygen atoms in total. The van der Waals surface area contributed by atoms with Gasteiger partial charge in [0.2, 0.25) is 5.91 Å². The lowest BCUT2D eigenvalue weighted by Crippen LogP contribution is -2.20. The van der Waals surface area contributed by atoms with E-state index >= 15 is 0 Å². The van der Waals surface area contributed by atoms with E-state index in [4.69, 9.17) is 9.26 Å².